The van der Waals surface area contributed by atoms with Crippen LogP contribution in [0.4, 0.5) is 5.69 Å². The van der Waals surface area contributed by atoms with Gasteiger partial charge in [0, 0.05) is 13.0 Å². The lowest BCUT2D eigenvalue weighted by Crippen LogP contribution is -2.34. The van der Waals surface area contributed by atoms with Gasteiger partial charge in [-0.05, 0) is 30.9 Å². The average molecular weight is 219 g/mol. The zero-order valence-corrected chi connectivity index (χ0v) is 9.78. The third-order valence-electron chi connectivity index (χ3n) is 3.34. The Morgan fingerprint density at radius 1 is 1.38 bits per heavy atom. The number of para-hydroxylation sites is 1. The van der Waals surface area contributed by atoms with Gasteiger partial charge in [-0.2, -0.15) is 0 Å². The molecule has 0 bridgehead atoms. The number of carbonyl (C=O) groups is 1. The monoisotopic (exact) mass is 219 g/mol. The lowest BCUT2D eigenvalue weighted by Gasteiger charge is -2.34. The topological polar surface area (TPSA) is 29.1 Å². The lowest BCUT2D eigenvalue weighted by atomic mass is 9.72. The number of hydrogen-bond donors (Lipinski definition) is 1. The van der Waals surface area contributed by atoms with Crippen LogP contribution in [0.1, 0.15) is 34.0 Å². The maximum absolute atomic E-state index is 11.8. The minimum atomic E-state index is 0. The maximum Gasteiger partial charge on any atom is 0.227 e. The van der Waals surface area contributed by atoms with Gasteiger partial charge in [-0.15, -0.1) is 0 Å². The fraction of sp³-hybridized carbons (Fsp3) is 0.500. The first-order valence-corrected chi connectivity index (χ1v) is 6.15. The SMILES string of the molecule is CCCC1CC(C(=O)Nc2ccccc2)C1.[HH]. The molecule has 0 aromatic heterocycles. The molecule has 1 fully saturated rings. The van der Waals surface area contributed by atoms with E-state index in [-0.39, 0.29) is 13.3 Å². The van der Waals surface area contributed by atoms with E-state index >= 15 is 0 Å². The third kappa shape index (κ3) is 2.63. The van der Waals surface area contributed by atoms with Crippen LogP contribution >= 0.6 is 0 Å². The summed E-state index contributed by atoms with van der Waals surface area (Å²) in [7, 11) is 0. The van der Waals surface area contributed by atoms with Gasteiger partial charge in [0.1, 0.15) is 0 Å². The van der Waals surface area contributed by atoms with Crippen molar-refractivity contribution in [2.24, 2.45) is 11.8 Å². The highest BCUT2D eigenvalue weighted by molar-refractivity contribution is 5.93. The largest absolute Gasteiger partial charge is 0.326 e. The summed E-state index contributed by atoms with van der Waals surface area (Å²) < 4.78 is 0. The molecule has 0 heterocycles. The predicted octanol–water partition coefficient (Wildman–Crippen LogP) is 3.70. The molecule has 1 aliphatic rings. The van der Waals surface area contributed by atoms with Crippen LogP contribution < -0.4 is 5.32 Å². The van der Waals surface area contributed by atoms with E-state index < -0.39 is 0 Å². The molecule has 1 aliphatic carbocycles. The van der Waals surface area contributed by atoms with Gasteiger partial charge in [-0.1, -0.05) is 38.0 Å². The Morgan fingerprint density at radius 2 is 2.06 bits per heavy atom. The standard InChI is InChI=1S/C14H19NO.H2/c1-2-6-11-9-12(10-11)14(16)15-13-7-4-3-5-8-13;/h3-5,7-8,11-12H,2,6,9-10H2,1H3,(H,15,16);1H. The first kappa shape index (κ1) is 11.2. The summed E-state index contributed by atoms with van der Waals surface area (Å²) in [4.78, 5) is 11.8. The zero-order valence-electron chi connectivity index (χ0n) is 9.78. The molecule has 0 unspecified atom stereocenters. The summed E-state index contributed by atoms with van der Waals surface area (Å²) in [5, 5.41) is 2.97. The molecule has 88 valence electrons. The molecule has 0 radical (unpaired) electrons. The Hall–Kier alpha value is -1.31. The molecule has 1 aromatic carbocycles. The second-order valence-corrected chi connectivity index (χ2v) is 4.68. The number of benzene rings is 1. The van der Waals surface area contributed by atoms with Crippen LogP contribution in [0.2, 0.25) is 0 Å². The van der Waals surface area contributed by atoms with E-state index in [0.29, 0.717) is 0 Å². The molecule has 0 saturated heterocycles. The summed E-state index contributed by atoms with van der Waals surface area (Å²) >= 11 is 0. The number of carbonyl (C=O) groups excluding carboxylic acids is 1. The summed E-state index contributed by atoms with van der Waals surface area (Å²) in [5.41, 5.74) is 0.909. The molecule has 0 aliphatic heterocycles. The van der Waals surface area contributed by atoms with Crippen LogP contribution in [-0.4, -0.2) is 5.91 Å². The fourth-order valence-corrected chi connectivity index (χ4v) is 2.36. The van der Waals surface area contributed by atoms with Crippen LogP contribution in [0.5, 0.6) is 0 Å². The molecule has 1 aromatic rings. The Labute approximate surface area is 98.5 Å². The number of anilines is 1. The molecule has 0 atom stereocenters. The molecule has 1 amide bonds. The second-order valence-electron chi connectivity index (χ2n) is 4.68. The summed E-state index contributed by atoms with van der Waals surface area (Å²) in [6.45, 7) is 2.21. The van der Waals surface area contributed by atoms with E-state index in [0.717, 1.165) is 24.4 Å². The van der Waals surface area contributed by atoms with E-state index in [1.807, 2.05) is 30.3 Å². The molecular formula is C14H21NO. The van der Waals surface area contributed by atoms with Crippen molar-refractivity contribution in [1.29, 1.82) is 0 Å². The van der Waals surface area contributed by atoms with E-state index in [2.05, 4.69) is 12.2 Å². The normalized spacial score (nSPS) is 23.6. The van der Waals surface area contributed by atoms with Crippen LogP contribution in [-0.2, 0) is 4.79 Å². The van der Waals surface area contributed by atoms with Gasteiger partial charge in [0.05, 0.1) is 0 Å². The van der Waals surface area contributed by atoms with E-state index in [4.69, 9.17) is 0 Å². The Balaban J connectivity index is 0.00000144. The minimum absolute atomic E-state index is 0. The average Bonchev–Trinajstić information content (AvgIpc) is 2.24. The van der Waals surface area contributed by atoms with Gasteiger partial charge < -0.3 is 5.32 Å². The van der Waals surface area contributed by atoms with Gasteiger partial charge in [0.15, 0.2) is 0 Å². The van der Waals surface area contributed by atoms with Gasteiger partial charge in [0.2, 0.25) is 5.91 Å². The number of hydrogen-bond acceptors (Lipinski definition) is 1. The molecule has 0 spiro atoms. The van der Waals surface area contributed by atoms with Gasteiger partial charge in [-0.3, -0.25) is 4.79 Å². The Morgan fingerprint density at radius 3 is 2.69 bits per heavy atom. The van der Waals surface area contributed by atoms with Crippen molar-refractivity contribution in [3.05, 3.63) is 30.3 Å². The zero-order chi connectivity index (χ0) is 11.4. The predicted molar refractivity (Wildman–Crippen MR) is 68.3 cm³/mol. The molecule has 2 heteroatoms. The van der Waals surface area contributed by atoms with Crippen molar-refractivity contribution in [1.82, 2.24) is 0 Å². The molecule has 2 nitrogen and oxygen atoms in total. The molecule has 1 N–H and O–H groups in total. The third-order valence-corrected chi connectivity index (χ3v) is 3.34. The summed E-state index contributed by atoms with van der Waals surface area (Å²) in [6, 6.07) is 9.70. The van der Waals surface area contributed by atoms with E-state index in [1.54, 1.807) is 0 Å². The molecule has 1 saturated carbocycles. The number of nitrogens with one attached hydrogen (secondary N) is 1. The van der Waals surface area contributed by atoms with Gasteiger partial charge >= 0.3 is 0 Å². The fourth-order valence-electron chi connectivity index (χ4n) is 2.36. The quantitative estimate of drug-likeness (QED) is 0.822. The van der Waals surface area contributed by atoms with Crippen molar-refractivity contribution >= 4 is 11.6 Å². The first-order valence-electron chi connectivity index (χ1n) is 6.15. The van der Waals surface area contributed by atoms with E-state index in [1.165, 1.54) is 12.8 Å². The van der Waals surface area contributed by atoms with Crippen molar-refractivity contribution in [2.45, 2.75) is 32.6 Å². The Bertz CT molecular complexity index is 346. The first-order chi connectivity index (χ1) is 7.79. The maximum atomic E-state index is 11.8. The smallest absolute Gasteiger partial charge is 0.227 e. The van der Waals surface area contributed by atoms with Crippen molar-refractivity contribution in [2.75, 3.05) is 5.32 Å². The van der Waals surface area contributed by atoms with Crippen LogP contribution in [0.25, 0.3) is 0 Å². The summed E-state index contributed by atoms with van der Waals surface area (Å²) in [5.74, 6) is 1.23. The molecule has 16 heavy (non-hydrogen) atoms. The highest BCUT2D eigenvalue weighted by Gasteiger charge is 2.33. The van der Waals surface area contributed by atoms with Gasteiger partial charge in [0.25, 0.3) is 0 Å². The van der Waals surface area contributed by atoms with Crippen molar-refractivity contribution < 1.29 is 6.22 Å². The van der Waals surface area contributed by atoms with E-state index in [9.17, 15) is 4.79 Å². The Kier molecular flexibility index (Phi) is 3.60. The second kappa shape index (κ2) is 5.15. The van der Waals surface area contributed by atoms with Crippen LogP contribution in [0, 0.1) is 11.8 Å². The van der Waals surface area contributed by atoms with Gasteiger partial charge in [-0.25, -0.2) is 0 Å². The highest BCUT2D eigenvalue weighted by Crippen LogP contribution is 2.37. The minimum Gasteiger partial charge on any atom is -0.326 e. The van der Waals surface area contributed by atoms with Crippen LogP contribution in [0.3, 0.4) is 0 Å². The van der Waals surface area contributed by atoms with Crippen molar-refractivity contribution in [3.63, 3.8) is 0 Å². The molecule has 2 rings (SSSR count). The number of amides is 1. The summed E-state index contributed by atoms with van der Waals surface area (Å²) in [6.07, 6.45) is 4.66. The van der Waals surface area contributed by atoms with Crippen molar-refractivity contribution in [3.8, 4) is 0 Å². The molecular weight excluding hydrogens is 198 g/mol. The number of rotatable bonds is 4. The van der Waals surface area contributed by atoms with Crippen LogP contribution in [0.15, 0.2) is 30.3 Å². The highest BCUT2D eigenvalue weighted by atomic mass is 16.1. The lowest BCUT2D eigenvalue weighted by molar-refractivity contribution is -0.123.